The predicted molar refractivity (Wildman–Crippen MR) is 135 cm³/mol. The van der Waals surface area contributed by atoms with Crippen molar-refractivity contribution in [3.63, 3.8) is 0 Å². The summed E-state index contributed by atoms with van der Waals surface area (Å²) in [6.07, 6.45) is 0. The monoisotopic (exact) mass is 728 g/mol. The molecule has 6 nitrogen and oxygen atoms in total. The van der Waals surface area contributed by atoms with Crippen LogP contribution in [-0.4, -0.2) is 37.3 Å². The van der Waals surface area contributed by atoms with Crippen molar-refractivity contribution in [2.75, 3.05) is 0 Å². The van der Waals surface area contributed by atoms with Gasteiger partial charge in [0, 0.05) is 38.8 Å². The molecule has 0 atom stereocenters. The molecule has 0 spiro atoms. The number of nitrogens with one attached hydrogen (secondary N) is 3. The standard InChI is InChI=1S/C15H21BN6.3HI.Ti/c1-7-13(8(2)18-17-7)16(14-9(3)19-20-10(14)4)15-11(5)21-22-12(15)6;;;;/h1-6H3,(H,17,18)(H,19,20)(H,21,22);3*1H;. The molecule has 0 aromatic carbocycles. The molecule has 0 fully saturated rings. The van der Waals surface area contributed by atoms with Gasteiger partial charge in [0.2, 0.25) is 0 Å². The molecule has 0 bridgehead atoms. The van der Waals surface area contributed by atoms with E-state index in [0.29, 0.717) is 0 Å². The molecule has 3 rings (SSSR count). The number of aromatic amines is 3. The van der Waals surface area contributed by atoms with E-state index >= 15 is 0 Å². The molecule has 0 aliphatic carbocycles. The fraction of sp³-hybridized carbons (Fsp3) is 0.400. The van der Waals surface area contributed by atoms with Gasteiger partial charge in [-0.2, -0.15) is 15.3 Å². The van der Waals surface area contributed by atoms with Crippen molar-refractivity contribution in [2.45, 2.75) is 41.5 Å². The van der Waals surface area contributed by atoms with E-state index in [-0.39, 0.29) is 100 Å². The SMILES string of the molecule is Cc1n[nH]c(C)c1B(c1c(C)n[nH]c1C)c1c(C)n[nH]c1C.I.I.I.[Ti]. The average molecular weight is 728 g/mol. The Balaban J connectivity index is 0. The number of nitrogens with zero attached hydrogens (tertiary/aromatic N) is 3. The largest absolute Gasteiger partial charge is 0.283 e. The smallest absolute Gasteiger partial charge is 0.255 e. The molecule has 3 N–H and O–H groups in total. The zero-order valence-electron chi connectivity index (χ0n) is 15.6. The molecule has 26 heavy (non-hydrogen) atoms. The molecule has 11 heteroatoms. The van der Waals surface area contributed by atoms with Crippen LogP contribution < -0.4 is 16.4 Å². The van der Waals surface area contributed by atoms with Crippen LogP contribution in [0.25, 0.3) is 0 Å². The maximum Gasteiger partial charge on any atom is 0.255 e. The van der Waals surface area contributed by atoms with Crippen LogP contribution in [0.4, 0.5) is 0 Å². The van der Waals surface area contributed by atoms with Gasteiger partial charge in [0.1, 0.15) is 0 Å². The zero-order chi connectivity index (χ0) is 16.0. The third-order valence-corrected chi connectivity index (χ3v) is 4.42. The first-order valence-corrected chi connectivity index (χ1v) is 7.46. The van der Waals surface area contributed by atoms with Crippen molar-refractivity contribution >= 4 is 95.0 Å². The van der Waals surface area contributed by atoms with Gasteiger partial charge in [-0.15, -0.1) is 71.9 Å². The van der Waals surface area contributed by atoms with E-state index in [9.17, 15) is 0 Å². The van der Waals surface area contributed by atoms with Crippen molar-refractivity contribution in [1.29, 1.82) is 0 Å². The normalized spacial score (nSPS) is 9.46. The first kappa shape index (κ1) is 28.8. The van der Waals surface area contributed by atoms with E-state index in [1.807, 2.05) is 20.8 Å². The fourth-order valence-electron chi connectivity index (χ4n) is 3.39. The average Bonchev–Trinajstić information content (AvgIpc) is 3.08. The first-order valence-electron chi connectivity index (χ1n) is 7.46. The zero-order valence-corrected chi connectivity index (χ0v) is 24.2. The number of hydrogen-bond donors (Lipinski definition) is 3. The van der Waals surface area contributed by atoms with E-state index in [4.69, 9.17) is 0 Å². The van der Waals surface area contributed by atoms with Gasteiger partial charge in [0.05, 0.1) is 17.1 Å². The minimum Gasteiger partial charge on any atom is -0.283 e. The predicted octanol–water partition coefficient (Wildman–Crippen LogP) is 2.07. The minimum absolute atomic E-state index is 0. The summed E-state index contributed by atoms with van der Waals surface area (Å²) in [5.41, 5.74) is 9.93. The van der Waals surface area contributed by atoms with Gasteiger partial charge in [0.15, 0.2) is 0 Å². The van der Waals surface area contributed by atoms with Gasteiger partial charge >= 0.3 is 0 Å². The van der Waals surface area contributed by atoms with Crippen molar-refractivity contribution in [3.8, 4) is 0 Å². The molecule has 0 aliphatic heterocycles. The summed E-state index contributed by atoms with van der Waals surface area (Å²) in [4.78, 5) is 0. The Bertz CT molecular complexity index is 676. The summed E-state index contributed by atoms with van der Waals surface area (Å²) in [7, 11) is 0. The summed E-state index contributed by atoms with van der Waals surface area (Å²) >= 11 is 0. The number of rotatable bonds is 3. The second kappa shape index (κ2) is 11.6. The summed E-state index contributed by atoms with van der Waals surface area (Å²) < 4.78 is 0. The van der Waals surface area contributed by atoms with E-state index in [0.717, 1.165) is 34.2 Å². The second-order valence-electron chi connectivity index (χ2n) is 5.98. The van der Waals surface area contributed by atoms with Crippen molar-refractivity contribution in [2.24, 2.45) is 0 Å². The Morgan fingerprint density at radius 2 is 0.769 bits per heavy atom. The minimum atomic E-state index is 0. The van der Waals surface area contributed by atoms with Crippen molar-refractivity contribution < 1.29 is 21.7 Å². The van der Waals surface area contributed by atoms with Crippen LogP contribution in [0.5, 0.6) is 0 Å². The van der Waals surface area contributed by atoms with E-state index in [2.05, 4.69) is 51.4 Å². The van der Waals surface area contributed by atoms with Gasteiger partial charge in [-0.25, -0.2) is 0 Å². The molecule has 0 unspecified atom stereocenters. The van der Waals surface area contributed by atoms with Crippen LogP contribution >= 0.6 is 71.9 Å². The molecule has 3 heterocycles. The molecule has 0 radical (unpaired) electrons. The topological polar surface area (TPSA) is 86.0 Å². The van der Waals surface area contributed by atoms with E-state index in [1.54, 1.807) is 0 Å². The van der Waals surface area contributed by atoms with E-state index < -0.39 is 0 Å². The van der Waals surface area contributed by atoms with Crippen LogP contribution in [0.3, 0.4) is 0 Å². The number of aromatic nitrogens is 6. The van der Waals surface area contributed by atoms with Gasteiger partial charge in [-0.05, 0) is 57.9 Å². The molecule has 0 saturated heterocycles. The maximum absolute atomic E-state index is 4.39. The first-order chi connectivity index (χ1) is 10.4. The van der Waals surface area contributed by atoms with Crippen LogP contribution in [0.1, 0.15) is 34.2 Å². The quantitative estimate of drug-likeness (QED) is 0.286. The summed E-state index contributed by atoms with van der Waals surface area (Å²) in [5, 5.41) is 22.5. The summed E-state index contributed by atoms with van der Waals surface area (Å²) in [6, 6.07) is 0. The molecular formula is C15H24BI3N6Ti. The molecule has 0 saturated carbocycles. The molecule has 0 aliphatic rings. The third-order valence-electron chi connectivity index (χ3n) is 4.42. The number of halogens is 3. The van der Waals surface area contributed by atoms with E-state index in [1.165, 1.54) is 16.4 Å². The fourth-order valence-corrected chi connectivity index (χ4v) is 3.39. The third kappa shape index (κ3) is 5.15. The molecular weight excluding hydrogens is 704 g/mol. The van der Waals surface area contributed by atoms with Crippen LogP contribution in [0, 0.1) is 41.5 Å². The van der Waals surface area contributed by atoms with Crippen molar-refractivity contribution in [3.05, 3.63) is 34.2 Å². The number of hydrogen-bond acceptors (Lipinski definition) is 3. The summed E-state index contributed by atoms with van der Waals surface area (Å²) in [6.45, 7) is 12.4. The van der Waals surface area contributed by atoms with Crippen LogP contribution in [0.2, 0.25) is 0 Å². The summed E-state index contributed by atoms with van der Waals surface area (Å²) in [5.74, 6) is 0. The molecule has 3 aromatic rings. The van der Waals surface area contributed by atoms with Gasteiger partial charge in [-0.1, -0.05) is 0 Å². The Kier molecular flexibility index (Phi) is 12.8. The Morgan fingerprint density at radius 1 is 0.538 bits per heavy atom. The Hall–Kier alpha value is 0.599. The Morgan fingerprint density at radius 3 is 0.923 bits per heavy atom. The number of aryl methyl sites for hydroxylation is 6. The van der Waals surface area contributed by atoms with Crippen molar-refractivity contribution in [1.82, 2.24) is 30.6 Å². The van der Waals surface area contributed by atoms with Gasteiger partial charge in [-0.3, -0.25) is 15.3 Å². The van der Waals surface area contributed by atoms with Crippen LogP contribution in [-0.2, 0) is 21.7 Å². The van der Waals surface area contributed by atoms with Gasteiger partial charge < -0.3 is 0 Å². The van der Waals surface area contributed by atoms with Crippen LogP contribution in [0.15, 0.2) is 0 Å². The molecule has 0 amide bonds. The maximum atomic E-state index is 4.39. The van der Waals surface area contributed by atoms with Gasteiger partial charge in [0.25, 0.3) is 6.71 Å². The second-order valence-corrected chi connectivity index (χ2v) is 5.98. The molecule has 142 valence electrons. The molecule has 3 aromatic heterocycles. The Labute approximate surface area is 220 Å². The number of H-pyrrole nitrogens is 3.